The highest BCUT2D eigenvalue weighted by molar-refractivity contribution is 7.99. The van der Waals surface area contributed by atoms with Crippen LogP contribution >= 0.6 is 11.8 Å². The van der Waals surface area contributed by atoms with Crippen LogP contribution in [0, 0.1) is 0 Å². The van der Waals surface area contributed by atoms with Crippen LogP contribution < -0.4 is 5.32 Å². The second kappa shape index (κ2) is 3.61. The number of hydrogen-bond acceptors (Lipinski definition) is 3. The van der Waals surface area contributed by atoms with E-state index in [0.717, 1.165) is 5.75 Å². The van der Waals surface area contributed by atoms with Crippen molar-refractivity contribution in [1.29, 1.82) is 0 Å². The fraction of sp³-hybridized carbons (Fsp3) is 0.667. The summed E-state index contributed by atoms with van der Waals surface area (Å²) in [5.41, 5.74) is 0. The van der Waals surface area contributed by atoms with Gasteiger partial charge in [0.2, 0.25) is 5.91 Å². The van der Waals surface area contributed by atoms with Gasteiger partial charge in [-0.15, -0.1) is 0 Å². The molecule has 1 aliphatic rings. The average molecular weight is 175 g/mol. The number of nitrogens with one attached hydrogen (secondary N) is 1. The molecule has 0 aromatic rings. The van der Waals surface area contributed by atoms with Gasteiger partial charge in [-0.2, -0.15) is 11.8 Å². The molecule has 0 radical (unpaired) electrons. The van der Waals surface area contributed by atoms with Crippen molar-refractivity contribution < 1.29 is 14.7 Å². The number of carboxylic acids is 1. The molecule has 0 unspecified atom stereocenters. The van der Waals surface area contributed by atoms with Gasteiger partial charge in [-0.3, -0.25) is 4.79 Å². The van der Waals surface area contributed by atoms with Crippen molar-refractivity contribution >= 4 is 23.6 Å². The molecule has 1 aliphatic heterocycles. The standard InChI is InChI=1S/C6H9NO3S/c8-5-1-2-11-3-4(7-5)6(9)10/h4H,1-3H2,(H,7,8)(H,9,10)/t4-/m1/s1. The zero-order chi connectivity index (χ0) is 8.27. The van der Waals surface area contributed by atoms with Crippen LogP contribution in [0.3, 0.4) is 0 Å². The molecule has 1 fully saturated rings. The summed E-state index contributed by atoms with van der Waals surface area (Å²) >= 11 is 1.49. The Balaban J connectivity index is 2.52. The first kappa shape index (κ1) is 8.39. The minimum Gasteiger partial charge on any atom is -0.480 e. The maximum absolute atomic E-state index is 10.8. The number of carbonyl (C=O) groups excluding carboxylic acids is 1. The minimum absolute atomic E-state index is 0.164. The highest BCUT2D eigenvalue weighted by Gasteiger charge is 2.22. The molecule has 0 aromatic heterocycles. The summed E-state index contributed by atoms with van der Waals surface area (Å²) in [6.45, 7) is 0. The Bertz CT molecular complexity index is 183. The second-order valence-electron chi connectivity index (χ2n) is 2.28. The van der Waals surface area contributed by atoms with Crippen LogP contribution in [-0.2, 0) is 9.59 Å². The second-order valence-corrected chi connectivity index (χ2v) is 3.43. The van der Waals surface area contributed by atoms with Crippen LogP contribution in [0.4, 0.5) is 0 Å². The Labute approximate surface area is 68.3 Å². The molecule has 62 valence electrons. The Morgan fingerprint density at radius 1 is 1.73 bits per heavy atom. The van der Waals surface area contributed by atoms with Gasteiger partial charge < -0.3 is 10.4 Å². The predicted molar refractivity (Wildman–Crippen MR) is 41.5 cm³/mol. The number of carbonyl (C=O) groups is 2. The zero-order valence-electron chi connectivity index (χ0n) is 5.87. The lowest BCUT2D eigenvalue weighted by atomic mass is 10.3. The van der Waals surface area contributed by atoms with E-state index in [9.17, 15) is 9.59 Å². The van der Waals surface area contributed by atoms with Gasteiger partial charge in [0.05, 0.1) is 0 Å². The number of thioether (sulfide) groups is 1. The summed E-state index contributed by atoms with van der Waals surface area (Å²) in [7, 11) is 0. The van der Waals surface area contributed by atoms with Crippen molar-refractivity contribution in [2.24, 2.45) is 0 Å². The Morgan fingerprint density at radius 3 is 3.09 bits per heavy atom. The highest BCUT2D eigenvalue weighted by atomic mass is 32.2. The molecule has 0 saturated carbocycles. The van der Waals surface area contributed by atoms with Crippen LogP contribution in [-0.4, -0.2) is 34.5 Å². The summed E-state index contributed by atoms with van der Waals surface area (Å²) in [6, 6.07) is -0.699. The average Bonchev–Trinajstić information content (AvgIpc) is 2.13. The summed E-state index contributed by atoms with van der Waals surface area (Å²) < 4.78 is 0. The maximum atomic E-state index is 10.8. The van der Waals surface area contributed by atoms with E-state index in [4.69, 9.17) is 5.11 Å². The SMILES string of the molecule is O=C1CCSC[C@H](C(=O)O)N1. The van der Waals surface area contributed by atoms with Crippen molar-refractivity contribution in [2.45, 2.75) is 12.5 Å². The van der Waals surface area contributed by atoms with Gasteiger partial charge in [-0.05, 0) is 0 Å². The molecule has 0 aromatic carbocycles. The summed E-state index contributed by atoms with van der Waals surface area (Å²) in [5, 5.41) is 11.0. The molecule has 1 atom stereocenters. The molecule has 1 saturated heterocycles. The van der Waals surface area contributed by atoms with E-state index in [1.807, 2.05) is 0 Å². The van der Waals surface area contributed by atoms with Crippen LogP contribution in [0.15, 0.2) is 0 Å². The smallest absolute Gasteiger partial charge is 0.327 e. The molecule has 1 amide bonds. The zero-order valence-corrected chi connectivity index (χ0v) is 6.69. The van der Waals surface area contributed by atoms with Crippen LogP contribution in [0.1, 0.15) is 6.42 Å². The molecule has 0 spiro atoms. The van der Waals surface area contributed by atoms with E-state index in [-0.39, 0.29) is 5.91 Å². The van der Waals surface area contributed by atoms with E-state index in [2.05, 4.69) is 5.32 Å². The van der Waals surface area contributed by atoms with E-state index in [1.54, 1.807) is 0 Å². The number of aliphatic carboxylic acids is 1. The number of hydrogen-bond donors (Lipinski definition) is 2. The lowest BCUT2D eigenvalue weighted by Crippen LogP contribution is -2.40. The van der Waals surface area contributed by atoms with Gasteiger partial charge in [0, 0.05) is 17.9 Å². The fourth-order valence-corrected chi connectivity index (χ4v) is 1.77. The van der Waals surface area contributed by atoms with E-state index >= 15 is 0 Å². The lowest BCUT2D eigenvalue weighted by Gasteiger charge is -2.08. The van der Waals surface area contributed by atoms with Gasteiger partial charge in [-0.1, -0.05) is 0 Å². The van der Waals surface area contributed by atoms with Gasteiger partial charge in [0.15, 0.2) is 0 Å². The maximum Gasteiger partial charge on any atom is 0.327 e. The molecule has 1 heterocycles. The lowest BCUT2D eigenvalue weighted by molar-refractivity contribution is -0.140. The number of carboxylic acid groups (broad SMARTS) is 1. The summed E-state index contributed by atoms with van der Waals surface area (Å²) in [4.78, 5) is 21.2. The number of amides is 1. The molecular weight excluding hydrogens is 166 g/mol. The van der Waals surface area contributed by atoms with Crippen LogP contribution in [0.5, 0.6) is 0 Å². The number of rotatable bonds is 1. The third-order valence-corrected chi connectivity index (χ3v) is 2.45. The van der Waals surface area contributed by atoms with E-state index in [0.29, 0.717) is 12.2 Å². The van der Waals surface area contributed by atoms with Crippen LogP contribution in [0.2, 0.25) is 0 Å². The summed E-state index contributed by atoms with van der Waals surface area (Å²) in [6.07, 6.45) is 0.425. The first-order valence-electron chi connectivity index (χ1n) is 3.30. The third-order valence-electron chi connectivity index (χ3n) is 1.39. The van der Waals surface area contributed by atoms with E-state index in [1.165, 1.54) is 11.8 Å². The Kier molecular flexibility index (Phi) is 2.76. The molecule has 0 bridgehead atoms. The summed E-state index contributed by atoms with van der Waals surface area (Å²) in [5.74, 6) is 0.0756. The van der Waals surface area contributed by atoms with Crippen LogP contribution in [0.25, 0.3) is 0 Å². The molecule has 0 aliphatic carbocycles. The topological polar surface area (TPSA) is 66.4 Å². The molecule has 4 nitrogen and oxygen atoms in total. The Hall–Kier alpha value is -0.710. The molecule has 1 rings (SSSR count). The highest BCUT2D eigenvalue weighted by Crippen LogP contribution is 2.09. The normalized spacial score (nSPS) is 25.5. The van der Waals surface area contributed by atoms with Gasteiger partial charge >= 0.3 is 5.97 Å². The molecule has 5 heteroatoms. The van der Waals surface area contributed by atoms with Gasteiger partial charge in [0.1, 0.15) is 6.04 Å². The quantitative estimate of drug-likeness (QED) is 0.574. The van der Waals surface area contributed by atoms with Gasteiger partial charge in [-0.25, -0.2) is 4.79 Å². The molecule has 11 heavy (non-hydrogen) atoms. The largest absolute Gasteiger partial charge is 0.480 e. The first-order chi connectivity index (χ1) is 5.20. The minimum atomic E-state index is -0.951. The first-order valence-corrected chi connectivity index (χ1v) is 4.45. The third kappa shape index (κ3) is 2.42. The monoisotopic (exact) mass is 175 g/mol. The van der Waals surface area contributed by atoms with Crippen molar-refractivity contribution in [3.8, 4) is 0 Å². The Morgan fingerprint density at radius 2 is 2.45 bits per heavy atom. The van der Waals surface area contributed by atoms with Crippen molar-refractivity contribution in [3.05, 3.63) is 0 Å². The van der Waals surface area contributed by atoms with Crippen molar-refractivity contribution in [2.75, 3.05) is 11.5 Å². The van der Waals surface area contributed by atoms with Crippen molar-refractivity contribution in [1.82, 2.24) is 5.32 Å². The van der Waals surface area contributed by atoms with Crippen molar-refractivity contribution in [3.63, 3.8) is 0 Å². The molecular formula is C6H9NO3S. The molecule has 2 N–H and O–H groups in total. The van der Waals surface area contributed by atoms with E-state index < -0.39 is 12.0 Å². The van der Waals surface area contributed by atoms with Gasteiger partial charge in [0.25, 0.3) is 0 Å². The fourth-order valence-electron chi connectivity index (χ4n) is 0.807. The predicted octanol–water partition coefficient (Wildman–Crippen LogP) is -0.307.